The molecule has 5 nitrogen and oxygen atoms in total. The maximum atomic E-state index is 14.2. The van der Waals surface area contributed by atoms with Gasteiger partial charge in [0.05, 0.1) is 11.4 Å². The van der Waals surface area contributed by atoms with Crippen LogP contribution in [0.1, 0.15) is 16.1 Å². The van der Waals surface area contributed by atoms with E-state index in [4.69, 9.17) is 0 Å². The van der Waals surface area contributed by atoms with Crippen molar-refractivity contribution in [1.29, 1.82) is 0 Å². The van der Waals surface area contributed by atoms with Crippen LogP contribution in [0.3, 0.4) is 0 Å². The van der Waals surface area contributed by atoms with Crippen LogP contribution < -0.4 is 5.32 Å². The summed E-state index contributed by atoms with van der Waals surface area (Å²) in [6.07, 6.45) is 0. The smallest absolute Gasteiger partial charge is 0.270 e. The van der Waals surface area contributed by atoms with Gasteiger partial charge in [0.15, 0.2) is 0 Å². The third-order valence-electron chi connectivity index (χ3n) is 4.18. The van der Waals surface area contributed by atoms with Crippen LogP contribution in [0.5, 0.6) is 0 Å². The third-order valence-corrected chi connectivity index (χ3v) is 4.18. The van der Waals surface area contributed by atoms with Gasteiger partial charge >= 0.3 is 0 Å². The van der Waals surface area contributed by atoms with Gasteiger partial charge in [0.1, 0.15) is 11.5 Å². The fraction of sp³-hybridized carbons (Fsp3) is 0.238. The first-order valence-corrected chi connectivity index (χ1v) is 8.80. The summed E-state index contributed by atoms with van der Waals surface area (Å²) in [7, 11) is 3.89. The number of carbonyl (C=O) groups is 1. The molecule has 27 heavy (non-hydrogen) atoms. The SMILES string of the molecule is Cc1cccc(-n2nc(-c3ccccc3F)cc2C(=O)NCCN(C)C)c1. The van der Waals surface area contributed by atoms with Crippen molar-refractivity contribution in [3.8, 4) is 16.9 Å². The first kappa shape index (κ1) is 18.8. The Labute approximate surface area is 158 Å². The molecular weight excluding hydrogens is 343 g/mol. The van der Waals surface area contributed by atoms with E-state index in [1.54, 1.807) is 28.9 Å². The highest BCUT2D eigenvalue weighted by molar-refractivity contribution is 5.94. The molecule has 0 radical (unpaired) electrons. The lowest BCUT2D eigenvalue weighted by Gasteiger charge is -2.11. The third kappa shape index (κ3) is 4.41. The van der Waals surface area contributed by atoms with Crippen molar-refractivity contribution in [2.24, 2.45) is 0 Å². The van der Waals surface area contributed by atoms with Gasteiger partial charge in [0.2, 0.25) is 0 Å². The van der Waals surface area contributed by atoms with E-state index in [9.17, 15) is 9.18 Å². The molecule has 1 amide bonds. The second kappa shape index (κ2) is 8.14. The zero-order valence-corrected chi connectivity index (χ0v) is 15.7. The van der Waals surface area contributed by atoms with E-state index in [0.717, 1.165) is 17.8 Å². The molecule has 0 spiro atoms. The van der Waals surface area contributed by atoms with Crippen LogP contribution >= 0.6 is 0 Å². The Morgan fingerprint density at radius 2 is 1.93 bits per heavy atom. The minimum absolute atomic E-state index is 0.242. The summed E-state index contributed by atoms with van der Waals surface area (Å²) in [4.78, 5) is 14.7. The molecule has 140 valence electrons. The summed E-state index contributed by atoms with van der Waals surface area (Å²) in [5, 5.41) is 7.42. The van der Waals surface area contributed by atoms with Crippen LogP contribution in [0.25, 0.3) is 16.9 Å². The zero-order valence-electron chi connectivity index (χ0n) is 15.7. The largest absolute Gasteiger partial charge is 0.349 e. The summed E-state index contributed by atoms with van der Waals surface area (Å²) in [5.74, 6) is -0.612. The van der Waals surface area contributed by atoms with Crippen LogP contribution in [0.15, 0.2) is 54.6 Å². The average Bonchev–Trinajstić information content (AvgIpc) is 3.07. The summed E-state index contributed by atoms with van der Waals surface area (Å²) in [5.41, 5.74) is 2.97. The van der Waals surface area contributed by atoms with E-state index in [2.05, 4.69) is 10.4 Å². The van der Waals surface area contributed by atoms with Gasteiger partial charge in [0.25, 0.3) is 5.91 Å². The van der Waals surface area contributed by atoms with Crippen molar-refractivity contribution < 1.29 is 9.18 Å². The molecule has 1 N–H and O–H groups in total. The molecule has 0 saturated heterocycles. The molecule has 0 bridgehead atoms. The second-order valence-corrected chi connectivity index (χ2v) is 6.70. The summed E-state index contributed by atoms with van der Waals surface area (Å²) in [6.45, 7) is 3.21. The predicted octanol–water partition coefficient (Wildman–Crippen LogP) is 3.28. The zero-order chi connectivity index (χ0) is 19.4. The Kier molecular flexibility index (Phi) is 5.66. The number of likely N-dealkylation sites (N-methyl/N-ethyl adjacent to an activating group) is 1. The number of hydrogen-bond donors (Lipinski definition) is 1. The average molecular weight is 366 g/mol. The van der Waals surface area contributed by atoms with Crippen molar-refractivity contribution >= 4 is 5.91 Å². The number of carbonyl (C=O) groups excluding carboxylic acids is 1. The Hall–Kier alpha value is -2.99. The quantitative estimate of drug-likeness (QED) is 0.728. The van der Waals surface area contributed by atoms with E-state index < -0.39 is 0 Å². The highest BCUT2D eigenvalue weighted by atomic mass is 19.1. The number of halogens is 1. The topological polar surface area (TPSA) is 50.2 Å². The second-order valence-electron chi connectivity index (χ2n) is 6.70. The number of amides is 1. The monoisotopic (exact) mass is 366 g/mol. The Balaban J connectivity index is 2.02. The highest BCUT2D eigenvalue weighted by Gasteiger charge is 2.19. The van der Waals surface area contributed by atoms with Crippen molar-refractivity contribution in [2.75, 3.05) is 27.2 Å². The molecule has 2 aromatic carbocycles. The van der Waals surface area contributed by atoms with Gasteiger partial charge in [-0.15, -0.1) is 0 Å². The van der Waals surface area contributed by atoms with Gasteiger partial charge in [-0.3, -0.25) is 4.79 Å². The Morgan fingerprint density at radius 1 is 1.15 bits per heavy atom. The normalized spacial score (nSPS) is 11.0. The fourth-order valence-corrected chi connectivity index (χ4v) is 2.78. The lowest BCUT2D eigenvalue weighted by molar-refractivity contribution is 0.0943. The molecule has 0 aliphatic rings. The fourth-order valence-electron chi connectivity index (χ4n) is 2.78. The van der Waals surface area contributed by atoms with Gasteiger partial charge < -0.3 is 10.2 Å². The van der Waals surface area contributed by atoms with Gasteiger partial charge in [-0.1, -0.05) is 24.3 Å². The lowest BCUT2D eigenvalue weighted by Crippen LogP contribution is -2.32. The van der Waals surface area contributed by atoms with Crippen LogP contribution in [-0.4, -0.2) is 47.8 Å². The number of rotatable bonds is 6. The molecule has 1 heterocycles. The molecule has 0 saturated carbocycles. The molecule has 1 aromatic heterocycles. The van der Waals surface area contributed by atoms with Gasteiger partial charge in [-0.05, 0) is 56.9 Å². The van der Waals surface area contributed by atoms with Crippen LogP contribution in [0.2, 0.25) is 0 Å². The first-order valence-electron chi connectivity index (χ1n) is 8.80. The minimum atomic E-state index is -0.369. The van der Waals surface area contributed by atoms with E-state index in [0.29, 0.717) is 23.5 Å². The van der Waals surface area contributed by atoms with E-state index in [1.165, 1.54) is 6.07 Å². The number of benzene rings is 2. The maximum absolute atomic E-state index is 14.2. The molecule has 0 fully saturated rings. The number of hydrogen-bond acceptors (Lipinski definition) is 3. The van der Waals surface area contributed by atoms with Crippen molar-refractivity contribution in [3.05, 3.63) is 71.7 Å². The molecular formula is C21H23FN4O. The molecule has 0 aliphatic heterocycles. The van der Waals surface area contributed by atoms with Crippen molar-refractivity contribution in [1.82, 2.24) is 20.0 Å². The molecule has 3 aromatic rings. The van der Waals surface area contributed by atoms with Gasteiger partial charge in [-0.25, -0.2) is 9.07 Å². The van der Waals surface area contributed by atoms with E-state index in [1.807, 2.05) is 50.2 Å². The lowest BCUT2D eigenvalue weighted by atomic mass is 10.1. The van der Waals surface area contributed by atoms with Crippen LogP contribution in [-0.2, 0) is 0 Å². The number of aromatic nitrogens is 2. The van der Waals surface area contributed by atoms with Crippen LogP contribution in [0.4, 0.5) is 4.39 Å². The summed E-state index contributed by atoms with van der Waals surface area (Å²) in [6, 6.07) is 15.8. The van der Waals surface area contributed by atoms with Crippen molar-refractivity contribution in [3.63, 3.8) is 0 Å². The molecule has 0 unspecified atom stereocenters. The number of nitrogens with zero attached hydrogens (tertiary/aromatic N) is 3. The molecule has 3 rings (SSSR count). The maximum Gasteiger partial charge on any atom is 0.270 e. The molecule has 0 aliphatic carbocycles. The standard InChI is InChI=1S/C21H23FN4O/c1-15-7-6-8-16(13-15)26-20(21(27)23-11-12-25(2)3)14-19(24-26)17-9-4-5-10-18(17)22/h4-10,13-14H,11-12H2,1-3H3,(H,23,27). The van der Waals surface area contributed by atoms with Gasteiger partial charge in [0, 0.05) is 18.7 Å². The predicted molar refractivity (Wildman–Crippen MR) is 105 cm³/mol. The van der Waals surface area contributed by atoms with Gasteiger partial charge in [-0.2, -0.15) is 5.10 Å². The summed E-state index contributed by atoms with van der Waals surface area (Å²) < 4.78 is 15.8. The summed E-state index contributed by atoms with van der Waals surface area (Å²) >= 11 is 0. The van der Waals surface area contributed by atoms with Crippen LogP contribution in [0, 0.1) is 12.7 Å². The number of nitrogens with one attached hydrogen (secondary N) is 1. The first-order chi connectivity index (χ1) is 13.0. The molecule has 0 atom stereocenters. The van der Waals surface area contributed by atoms with Crippen molar-refractivity contribution in [2.45, 2.75) is 6.92 Å². The minimum Gasteiger partial charge on any atom is -0.349 e. The Bertz CT molecular complexity index is 949. The van der Waals surface area contributed by atoms with E-state index in [-0.39, 0.29) is 11.7 Å². The highest BCUT2D eigenvalue weighted by Crippen LogP contribution is 2.24. The number of aryl methyl sites for hydroxylation is 1. The van der Waals surface area contributed by atoms with E-state index >= 15 is 0 Å². The Morgan fingerprint density at radius 3 is 2.63 bits per heavy atom. The molecule has 6 heteroatoms.